The van der Waals surface area contributed by atoms with Gasteiger partial charge in [0, 0.05) is 13.0 Å². The Hall–Kier alpha value is -1.39. The van der Waals surface area contributed by atoms with Crippen molar-refractivity contribution in [3.63, 3.8) is 0 Å². The maximum Gasteiger partial charge on any atom is 0.311 e. The minimum absolute atomic E-state index is 0.0828. The Morgan fingerprint density at radius 3 is 2.86 bits per heavy atom. The van der Waals surface area contributed by atoms with E-state index in [-0.39, 0.29) is 6.42 Å². The summed E-state index contributed by atoms with van der Waals surface area (Å²) in [4.78, 5) is 14.7. The van der Waals surface area contributed by atoms with Crippen molar-refractivity contribution in [3.8, 4) is 0 Å². The van der Waals surface area contributed by atoms with Gasteiger partial charge in [0.1, 0.15) is 12.2 Å². The quantitative estimate of drug-likeness (QED) is 0.771. The first kappa shape index (κ1) is 9.18. The molecule has 1 aliphatic carbocycles. The fourth-order valence-electron chi connectivity index (χ4n) is 1.68. The second-order valence-corrected chi connectivity index (χ2v) is 3.71. The predicted molar refractivity (Wildman–Crippen MR) is 48.9 cm³/mol. The first-order valence-electron chi connectivity index (χ1n) is 4.78. The molecule has 2 rings (SSSR count). The Morgan fingerprint density at radius 1 is 1.64 bits per heavy atom. The molecule has 1 aromatic heterocycles. The maximum absolute atomic E-state index is 10.5. The van der Waals surface area contributed by atoms with Gasteiger partial charge in [-0.3, -0.25) is 9.48 Å². The molecule has 0 spiro atoms. The molecule has 5 nitrogen and oxygen atoms in total. The van der Waals surface area contributed by atoms with Gasteiger partial charge in [-0.1, -0.05) is 6.42 Å². The van der Waals surface area contributed by atoms with Gasteiger partial charge in [0.25, 0.3) is 0 Å². The smallest absolute Gasteiger partial charge is 0.311 e. The molecule has 14 heavy (non-hydrogen) atoms. The van der Waals surface area contributed by atoms with Crippen molar-refractivity contribution in [2.45, 2.75) is 31.6 Å². The lowest BCUT2D eigenvalue weighted by Gasteiger charge is -2.23. The zero-order chi connectivity index (χ0) is 10.1. The van der Waals surface area contributed by atoms with Crippen molar-refractivity contribution in [1.82, 2.24) is 14.8 Å². The molecule has 0 bridgehead atoms. The summed E-state index contributed by atoms with van der Waals surface area (Å²) < 4.78 is 1.71. The van der Waals surface area contributed by atoms with Crippen molar-refractivity contribution < 1.29 is 9.90 Å². The molecule has 0 saturated heterocycles. The van der Waals surface area contributed by atoms with Crippen molar-refractivity contribution in [3.05, 3.63) is 11.6 Å². The van der Waals surface area contributed by atoms with Gasteiger partial charge in [-0.2, -0.15) is 5.10 Å². The number of carboxylic acids is 1. The molecular formula is C9H13N3O2. The van der Waals surface area contributed by atoms with Crippen LogP contribution >= 0.6 is 0 Å². The zero-order valence-corrected chi connectivity index (χ0v) is 8.10. The number of nitrogens with zero attached hydrogens (tertiary/aromatic N) is 3. The molecule has 0 aliphatic heterocycles. The van der Waals surface area contributed by atoms with Crippen LogP contribution < -0.4 is 0 Å². The van der Waals surface area contributed by atoms with Gasteiger partial charge in [0.2, 0.25) is 0 Å². The molecule has 76 valence electrons. The van der Waals surface area contributed by atoms with Gasteiger partial charge < -0.3 is 5.11 Å². The Bertz CT molecular complexity index is 355. The van der Waals surface area contributed by atoms with E-state index in [1.54, 1.807) is 4.68 Å². The fraction of sp³-hybridized carbons (Fsp3) is 0.667. The lowest BCUT2D eigenvalue weighted by molar-refractivity contribution is -0.136. The molecule has 1 aliphatic rings. The van der Waals surface area contributed by atoms with Crippen LogP contribution in [0.1, 0.15) is 36.8 Å². The minimum Gasteiger partial charge on any atom is -0.481 e. The molecule has 1 aromatic rings. The lowest BCUT2D eigenvalue weighted by atomic mass is 9.85. The summed E-state index contributed by atoms with van der Waals surface area (Å²) in [5, 5.41) is 12.7. The molecule has 1 fully saturated rings. The van der Waals surface area contributed by atoms with Gasteiger partial charge in [-0.05, 0) is 12.8 Å². The van der Waals surface area contributed by atoms with Crippen LogP contribution in [0.2, 0.25) is 0 Å². The number of carboxylic acid groups (broad SMARTS) is 1. The third kappa shape index (κ3) is 1.62. The number of hydrogen-bond donors (Lipinski definition) is 1. The lowest BCUT2D eigenvalue weighted by Crippen LogP contribution is -2.14. The zero-order valence-electron chi connectivity index (χ0n) is 8.10. The molecular weight excluding hydrogens is 182 g/mol. The Kier molecular flexibility index (Phi) is 2.23. The monoisotopic (exact) mass is 195 g/mol. The van der Waals surface area contributed by atoms with Crippen LogP contribution in [-0.4, -0.2) is 25.8 Å². The van der Waals surface area contributed by atoms with Crippen molar-refractivity contribution in [1.29, 1.82) is 0 Å². The summed E-state index contributed by atoms with van der Waals surface area (Å²) in [6.07, 6.45) is 3.46. The molecule has 0 atom stereocenters. The van der Waals surface area contributed by atoms with E-state index in [0.717, 1.165) is 18.7 Å². The molecule has 0 radical (unpaired) electrons. The summed E-state index contributed by atoms with van der Waals surface area (Å²) in [5.41, 5.74) is 0. The van der Waals surface area contributed by atoms with Crippen LogP contribution in [-0.2, 0) is 18.3 Å². The molecule has 0 unspecified atom stereocenters. The van der Waals surface area contributed by atoms with Crippen LogP contribution in [0.4, 0.5) is 0 Å². The normalized spacial score (nSPS) is 16.6. The SMILES string of the molecule is Cn1nc(CC(=O)O)nc1C1CCC1. The van der Waals surface area contributed by atoms with Gasteiger partial charge in [-0.15, -0.1) is 0 Å². The Labute approximate surface area is 81.8 Å². The summed E-state index contributed by atoms with van der Waals surface area (Å²) in [5.74, 6) is 0.972. The van der Waals surface area contributed by atoms with Crippen LogP contribution in [0.5, 0.6) is 0 Å². The third-order valence-electron chi connectivity index (χ3n) is 2.62. The van der Waals surface area contributed by atoms with Crippen LogP contribution in [0.25, 0.3) is 0 Å². The van der Waals surface area contributed by atoms with Gasteiger partial charge in [-0.25, -0.2) is 4.98 Å². The van der Waals surface area contributed by atoms with E-state index in [1.807, 2.05) is 7.05 Å². The predicted octanol–water partition coefficient (Wildman–Crippen LogP) is 0.710. The minimum atomic E-state index is -0.879. The van der Waals surface area contributed by atoms with E-state index >= 15 is 0 Å². The number of aryl methyl sites for hydroxylation is 1. The summed E-state index contributed by atoms with van der Waals surface area (Å²) in [7, 11) is 1.83. The van der Waals surface area contributed by atoms with Crippen LogP contribution in [0.15, 0.2) is 0 Å². The van der Waals surface area contributed by atoms with E-state index in [1.165, 1.54) is 6.42 Å². The third-order valence-corrected chi connectivity index (χ3v) is 2.62. The highest BCUT2D eigenvalue weighted by atomic mass is 16.4. The molecule has 0 aromatic carbocycles. The second-order valence-electron chi connectivity index (χ2n) is 3.71. The van der Waals surface area contributed by atoms with E-state index in [4.69, 9.17) is 5.11 Å². The van der Waals surface area contributed by atoms with Crippen molar-refractivity contribution >= 4 is 5.97 Å². The second kappa shape index (κ2) is 3.40. The topological polar surface area (TPSA) is 68.0 Å². The standard InChI is InChI=1S/C9H13N3O2/c1-12-9(6-3-2-4-6)10-7(11-12)5-8(13)14/h6H,2-5H2,1H3,(H,13,14). The molecule has 1 N–H and O–H groups in total. The maximum atomic E-state index is 10.5. The molecule has 0 amide bonds. The largest absolute Gasteiger partial charge is 0.481 e. The molecule has 1 heterocycles. The number of hydrogen-bond acceptors (Lipinski definition) is 3. The van der Waals surface area contributed by atoms with Crippen LogP contribution in [0, 0.1) is 0 Å². The average Bonchev–Trinajstić information content (AvgIpc) is 2.27. The molecule has 1 saturated carbocycles. The van der Waals surface area contributed by atoms with E-state index in [9.17, 15) is 4.79 Å². The summed E-state index contributed by atoms with van der Waals surface area (Å²) in [6.45, 7) is 0. The first-order valence-corrected chi connectivity index (χ1v) is 4.78. The van der Waals surface area contributed by atoms with Crippen molar-refractivity contribution in [2.75, 3.05) is 0 Å². The highest BCUT2D eigenvalue weighted by Gasteiger charge is 2.25. The number of aliphatic carboxylic acids is 1. The number of aromatic nitrogens is 3. The summed E-state index contributed by atoms with van der Waals surface area (Å²) in [6, 6.07) is 0. The highest BCUT2D eigenvalue weighted by Crippen LogP contribution is 2.34. The Morgan fingerprint density at radius 2 is 2.36 bits per heavy atom. The summed E-state index contributed by atoms with van der Waals surface area (Å²) >= 11 is 0. The number of carbonyl (C=O) groups is 1. The van der Waals surface area contributed by atoms with Crippen LogP contribution in [0.3, 0.4) is 0 Å². The fourth-order valence-corrected chi connectivity index (χ4v) is 1.68. The Balaban J connectivity index is 2.16. The van der Waals surface area contributed by atoms with E-state index < -0.39 is 5.97 Å². The van der Waals surface area contributed by atoms with Gasteiger partial charge in [0.05, 0.1) is 0 Å². The first-order chi connectivity index (χ1) is 6.66. The van der Waals surface area contributed by atoms with E-state index in [2.05, 4.69) is 10.1 Å². The van der Waals surface area contributed by atoms with Crippen molar-refractivity contribution in [2.24, 2.45) is 7.05 Å². The van der Waals surface area contributed by atoms with Gasteiger partial charge in [0.15, 0.2) is 5.82 Å². The van der Waals surface area contributed by atoms with Gasteiger partial charge >= 0.3 is 5.97 Å². The number of rotatable bonds is 3. The van der Waals surface area contributed by atoms with E-state index in [0.29, 0.717) is 11.7 Å². The highest BCUT2D eigenvalue weighted by molar-refractivity contribution is 5.68. The molecule has 5 heteroatoms. The average molecular weight is 195 g/mol.